The van der Waals surface area contributed by atoms with Crippen LogP contribution in [0, 0.1) is 5.92 Å². The predicted octanol–water partition coefficient (Wildman–Crippen LogP) is 2.07. The Hall–Kier alpha value is -0.110. The van der Waals surface area contributed by atoms with E-state index in [1.54, 1.807) is 5.49 Å². The van der Waals surface area contributed by atoms with Crippen LogP contribution in [0.25, 0.3) is 0 Å². The molecule has 0 unspecified atom stereocenters. The second-order valence-electron chi connectivity index (χ2n) is 2.99. The molecule has 0 aromatic carbocycles. The van der Waals surface area contributed by atoms with E-state index in [1.807, 2.05) is 0 Å². The van der Waals surface area contributed by atoms with E-state index in [1.165, 1.54) is 32.4 Å². The second kappa shape index (κ2) is 3.91. The first-order chi connectivity index (χ1) is 4.86. The quantitative estimate of drug-likeness (QED) is 0.564. The molecular formula is C8H15NS. The van der Waals surface area contributed by atoms with Crippen LogP contribution in [0.5, 0.6) is 0 Å². The number of hydrogen-bond donors (Lipinski definition) is 0. The molecule has 1 rings (SSSR count). The Morgan fingerprint density at radius 3 is 2.50 bits per heavy atom. The van der Waals surface area contributed by atoms with Crippen LogP contribution in [0.2, 0.25) is 0 Å². The summed E-state index contributed by atoms with van der Waals surface area (Å²) in [6.45, 7) is 4.64. The normalized spacial score (nSPS) is 21.1. The Kier molecular flexibility index (Phi) is 3.13. The fourth-order valence-corrected chi connectivity index (χ4v) is 1.68. The average Bonchev–Trinajstić information content (AvgIpc) is 2.05. The Morgan fingerprint density at radius 1 is 1.50 bits per heavy atom. The van der Waals surface area contributed by atoms with Gasteiger partial charge in [0.05, 0.1) is 5.49 Å². The standard InChI is InChI=1S/C8H15NS/c1-2-8-3-5-9(7-10)6-4-8/h7-8H,2-6H2,1H3. The molecule has 0 aromatic rings. The van der Waals surface area contributed by atoms with Crippen molar-refractivity contribution in [1.82, 2.24) is 4.90 Å². The lowest BCUT2D eigenvalue weighted by Crippen LogP contribution is -2.31. The van der Waals surface area contributed by atoms with Crippen molar-refractivity contribution in [3.05, 3.63) is 0 Å². The monoisotopic (exact) mass is 157 g/mol. The largest absolute Gasteiger partial charge is 0.369 e. The summed E-state index contributed by atoms with van der Waals surface area (Å²) in [4.78, 5) is 2.24. The minimum Gasteiger partial charge on any atom is -0.369 e. The van der Waals surface area contributed by atoms with E-state index >= 15 is 0 Å². The summed E-state index contributed by atoms with van der Waals surface area (Å²) in [7, 11) is 0. The van der Waals surface area contributed by atoms with Crippen LogP contribution in [0.4, 0.5) is 0 Å². The van der Waals surface area contributed by atoms with Crippen molar-refractivity contribution in [2.45, 2.75) is 26.2 Å². The van der Waals surface area contributed by atoms with Crippen LogP contribution in [0.1, 0.15) is 26.2 Å². The second-order valence-corrected chi connectivity index (χ2v) is 3.20. The third kappa shape index (κ3) is 1.94. The number of nitrogens with zero attached hydrogens (tertiary/aromatic N) is 1. The van der Waals surface area contributed by atoms with Gasteiger partial charge in [-0.2, -0.15) is 0 Å². The number of likely N-dealkylation sites (tertiary alicyclic amines) is 1. The van der Waals surface area contributed by atoms with Crippen LogP contribution >= 0.6 is 12.2 Å². The van der Waals surface area contributed by atoms with E-state index in [2.05, 4.69) is 11.8 Å². The lowest BCUT2D eigenvalue weighted by Gasteiger charge is -2.29. The summed E-state index contributed by atoms with van der Waals surface area (Å²) >= 11 is 4.85. The Labute approximate surface area is 68.4 Å². The summed E-state index contributed by atoms with van der Waals surface area (Å²) in [5, 5.41) is 0. The Bertz CT molecular complexity index is 106. The van der Waals surface area contributed by atoms with E-state index < -0.39 is 0 Å². The van der Waals surface area contributed by atoms with E-state index in [0.29, 0.717) is 0 Å². The van der Waals surface area contributed by atoms with Crippen molar-refractivity contribution in [2.24, 2.45) is 5.92 Å². The molecule has 10 heavy (non-hydrogen) atoms. The van der Waals surface area contributed by atoms with Crippen molar-refractivity contribution >= 4 is 17.7 Å². The van der Waals surface area contributed by atoms with Gasteiger partial charge in [0.2, 0.25) is 0 Å². The smallest absolute Gasteiger partial charge is 0.0640 e. The summed E-state index contributed by atoms with van der Waals surface area (Å²) in [6.07, 6.45) is 4.01. The number of rotatable bonds is 2. The first-order valence-electron chi connectivity index (χ1n) is 4.06. The van der Waals surface area contributed by atoms with E-state index in [-0.39, 0.29) is 0 Å². The van der Waals surface area contributed by atoms with Gasteiger partial charge in [0.1, 0.15) is 0 Å². The SMILES string of the molecule is CCC1CCN(C=S)CC1. The molecule has 1 aliphatic heterocycles. The van der Waals surface area contributed by atoms with Gasteiger partial charge >= 0.3 is 0 Å². The van der Waals surface area contributed by atoms with E-state index in [0.717, 1.165) is 5.92 Å². The van der Waals surface area contributed by atoms with Crippen molar-refractivity contribution in [1.29, 1.82) is 0 Å². The maximum Gasteiger partial charge on any atom is 0.0640 e. The number of piperidine rings is 1. The first kappa shape index (κ1) is 7.99. The van der Waals surface area contributed by atoms with E-state index in [4.69, 9.17) is 12.2 Å². The van der Waals surface area contributed by atoms with Gasteiger partial charge in [-0.15, -0.1) is 0 Å². The molecule has 1 saturated heterocycles. The molecule has 0 aromatic heterocycles. The van der Waals surface area contributed by atoms with Crippen molar-refractivity contribution in [3.8, 4) is 0 Å². The van der Waals surface area contributed by atoms with Gasteiger partial charge in [0, 0.05) is 13.1 Å². The van der Waals surface area contributed by atoms with Crippen molar-refractivity contribution in [3.63, 3.8) is 0 Å². The first-order valence-corrected chi connectivity index (χ1v) is 4.53. The lowest BCUT2D eigenvalue weighted by atomic mass is 9.95. The fourth-order valence-electron chi connectivity index (χ4n) is 1.47. The molecule has 0 spiro atoms. The highest BCUT2D eigenvalue weighted by molar-refractivity contribution is 7.78. The molecule has 58 valence electrons. The molecule has 0 atom stereocenters. The predicted molar refractivity (Wildman–Crippen MR) is 48.2 cm³/mol. The molecule has 1 nitrogen and oxygen atoms in total. The summed E-state index contributed by atoms with van der Waals surface area (Å²) in [5.41, 5.74) is 1.80. The third-order valence-electron chi connectivity index (χ3n) is 2.38. The Balaban J connectivity index is 2.23. The highest BCUT2D eigenvalue weighted by atomic mass is 32.1. The van der Waals surface area contributed by atoms with Gasteiger partial charge in [0.15, 0.2) is 0 Å². The summed E-state index contributed by atoms with van der Waals surface area (Å²) in [5.74, 6) is 0.964. The molecule has 1 fully saturated rings. The zero-order chi connectivity index (χ0) is 7.40. The van der Waals surface area contributed by atoms with Crippen LogP contribution in [-0.2, 0) is 0 Å². The van der Waals surface area contributed by atoms with Gasteiger partial charge in [-0.05, 0) is 18.8 Å². The van der Waals surface area contributed by atoms with Gasteiger partial charge in [-0.1, -0.05) is 25.6 Å². The summed E-state index contributed by atoms with van der Waals surface area (Å²) in [6, 6.07) is 0. The minimum atomic E-state index is 0.964. The van der Waals surface area contributed by atoms with Gasteiger partial charge in [-0.25, -0.2) is 0 Å². The van der Waals surface area contributed by atoms with Gasteiger partial charge in [0.25, 0.3) is 0 Å². The zero-order valence-corrected chi connectivity index (χ0v) is 7.36. The molecular weight excluding hydrogens is 142 g/mol. The topological polar surface area (TPSA) is 3.24 Å². The molecule has 0 amide bonds. The molecule has 1 heterocycles. The minimum absolute atomic E-state index is 0.964. The highest BCUT2D eigenvalue weighted by Crippen LogP contribution is 2.18. The van der Waals surface area contributed by atoms with Crippen LogP contribution in [0.15, 0.2) is 0 Å². The van der Waals surface area contributed by atoms with Crippen molar-refractivity contribution < 1.29 is 0 Å². The van der Waals surface area contributed by atoms with Crippen LogP contribution < -0.4 is 0 Å². The molecule has 0 bridgehead atoms. The van der Waals surface area contributed by atoms with Gasteiger partial charge < -0.3 is 4.90 Å². The molecule has 2 heteroatoms. The molecule has 0 N–H and O–H groups in total. The van der Waals surface area contributed by atoms with Gasteiger partial charge in [-0.3, -0.25) is 0 Å². The average molecular weight is 157 g/mol. The van der Waals surface area contributed by atoms with Crippen LogP contribution in [0.3, 0.4) is 0 Å². The summed E-state index contributed by atoms with van der Waals surface area (Å²) < 4.78 is 0. The zero-order valence-electron chi connectivity index (χ0n) is 6.55. The molecule has 0 radical (unpaired) electrons. The molecule has 1 aliphatic rings. The lowest BCUT2D eigenvalue weighted by molar-refractivity contribution is 0.269. The van der Waals surface area contributed by atoms with Crippen LogP contribution in [-0.4, -0.2) is 23.5 Å². The maximum atomic E-state index is 4.85. The Morgan fingerprint density at radius 2 is 2.10 bits per heavy atom. The molecule has 0 saturated carbocycles. The number of thiocarbonyl (C=S) groups is 1. The number of hydrogen-bond acceptors (Lipinski definition) is 1. The third-order valence-corrected chi connectivity index (χ3v) is 2.67. The van der Waals surface area contributed by atoms with E-state index in [9.17, 15) is 0 Å². The fraction of sp³-hybridized carbons (Fsp3) is 0.875. The molecule has 0 aliphatic carbocycles. The maximum absolute atomic E-state index is 4.85. The van der Waals surface area contributed by atoms with Crippen molar-refractivity contribution in [2.75, 3.05) is 13.1 Å². The highest BCUT2D eigenvalue weighted by Gasteiger charge is 2.14.